The molecule has 18 heavy (non-hydrogen) atoms. The van der Waals surface area contributed by atoms with Gasteiger partial charge in [-0.25, -0.2) is 4.79 Å². The van der Waals surface area contributed by atoms with Gasteiger partial charge in [0.05, 0.1) is 12.2 Å². The number of nitrogens with one attached hydrogen (secondary N) is 1. The van der Waals surface area contributed by atoms with E-state index in [1.54, 1.807) is 11.1 Å². The van der Waals surface area contributed by atoms with Crippen molar-refractivity contribution in [1.29, 1.82) is 0 Å². The maximum atomic E-state index is 11.9. The zero-order valence-electron chi connectivity index (χ0n) is 10.6. The molecule has 5 heteroatoms. The fourth-order valence-corrected chi connectivity index (χ4v) is 2.14. The van der Waals surface area contributed by atoms with E-state index in [1.165, 1.54) is 0 Å². The lowest BCUT2D eigenvalue weighted by atomic mass is 10.1. The number of pyridine rings is 1. The second kappa shape index (κ2) is 5.82. The second-order valence-corrected chi connectivity index (χ2v) is 4.71. The smallest absolute Gasteiger partial charge is 0.317 e. The van der Waals surface area contributed by atoms with E-state index in [1.807, 2.05) is 19.1 Å². The summed E-state index contributed by atoms with van der Waals surface area (Å²) in [6, 6.07) is 3.79. The van der Waals surface area contributed by atoms with Crippen molar-refractivity contribution >= 4 is 6.03 Å². The van der Waals surface area contributed by atoms with Gasteiger partial charge in [0, 0.05) is 31.8 Å². The van der Waals surface area contributed by atoms with Gasteiger partial charge in [0.15, 0.2) is 0 Å². The summed E-state index contributed by atoms with van der Waals surface area (Å²) in [6.45, 7) is 3.95. The summed E-state index contributed by atoms with van der Waals surface area (Å²) in [5.74, 6) is 0.229. The first-order valence-electron chi connectivity index (χ1n) is 6.25. The molecule has 1 aromatic rings. The van der Waals surface area contributed by atoms with Crippen molar-refractivity contribution in [2.75, 3.05) is 19.7 Å². The number of carbonyl (C=O) groups is 1. The van der Waals surface area contributed by atoms with E-state index in [4.69, 9.17) is 5.11 Å². The van der Waals surface area contributed by atoms with Gasteiger partial charge in [-0.15, -0.1) is 0 Å². The van der Waals surface area contributed by atoms with Crippen LogP contribution in [0.4, 0.5) is 4.79 Å². The van der Waals surface area contributed by atoms with Gasteiger partial charge in [-0.05, 0) is 25.0 Å². The van der Waals surface area contributed by atoms with Crippen LogP contribution < -0.4 is 5.32 Å². The molecule has 0 aromatic carbocycles. The molecule has 1 aliphatic heterocycles. The molecule has 0 aliphatic carbocycles. The van der Waals surface area contributed by atoms with Crippen LogP contribution in [0.1, 0.15) is 17.7 Å². The average Bonchev–Trinajstić information content (AvgIpc) is 2.86. The molecule has 2 amide bonds. The molecule has 0 saturated carbocycles. The highest BCUT2D eigenvalue weighted by molar-refractivity contribution is 5.74. The third-order valence-corrected chi connectivity index (χ3v) is 3.36. The molecule has 1 aliphatic rings. The minimum absolute atomic E-state index is 0.0731. The van der Waals surface area contributed by atoms with Crippen molar-refractivity contribution in [2.24, 2.45) is 5.92 Å². The molecule has 2 heterocycles. The van der Waals surface area contributed by atoms with Crippen LogP contribution in [0.2, 0.25) is 0 Å². The van der Waals surface area contributed by atoms with E-state index in [9.17, 15) is 4.79 Å². The molecule has 5 nitrogen and oxygen atoms in total. The Bertz CT molecular complexity index is 422. The van der Waals surface area contributed by atoms with Gasteiger partial charge < -0.3 is 15.3 Å². The van der Waals surface area contributed by atoms with Crippen LogP contribution in [-0.4, -0.2) is 40.7 Å². The number of amides is 2. The maximum absolute atomic E-state index is 11.9. The second-order valence-electron chi connectivity index (χ2n) is 4.71. The average molecular weight is 249 g/mol. The first-order valence-corrected chi connectivity index (χ1v) is 6.25. The predicted molar refractivity (Wildman–Crippen MR) is 68.0 cm³/mol. The van der Waals surface area contributed by atoms with Crippen LogP contribution in [0.3, 0.4) is 0 Å². The van der Waals surface area contributed by atoms with E-state index in [2.05, 4.69) is 10.3 Å². The minimum atomic E-state index is -0.0731. The van der Waals surface area contributed by atoms with Gasteiger partial charge in [0.25, 0.3) is 0 Å². The van der Waals surface area contributed by atoms with Crippen molar-refractivity contribution in [3.05, 3.63) is 29.6 Å². The number of aryl methyl sites for hydroxylation is 1. The zero-order chi connectivity index (χ0) is 13.0. The molecule has 1 fully saturated rings. The van der Waals surface area contributed by atoms with E-state index in [-0.39, 0.29) is 18.6 Å². The highest BCUT2D eigenvalue weighted by Crippen LogP contribution is 2.15. The maximum Gasteiger partial charge on any atom is 0.317 e. The number of aliphatic hydroxyl groups is 1. The highest BCUT2D eigenvalue weighted by atomic mass is 16.3. The molecule has 0 unspecified atom stereocenters. The lowest BCUT2D eigenvalue weighted by Gasteiger charge is -2.17. The molecule has 2 rings (SSSR count). The number of hydrogen-bond donors (Lipinski definition) is 2. The Balaban J connectivity index is 1.84. The minimum Gasteiger partial charge on any atom is -0.396 e. The number of likely N-dealkylation sites (tertiary alicyclic amines) is 1. The van der Waals surface area contributed by atoms with Crippen LogP contribution >= 0.6 is 0 Å². The van der Waals surface area contributed by atoms with Crippen LogP contribution in [0.5, 0.6) is 0 Å². The summed E-state index contributed by atoms with van der Waals surface area (Å²) in [7, 11) is 0. The highest BCUT2D eigenvalue weighted by Gasteiger charge is 2.25. The Morgan fingerprint density at radius 3 is 3.17 bits per heavy atom. The lowest BCUT2D eigenvalue weighted by molar-refractivity contribution is 0.198. The van der Waals surface area contributed by atoms with Crippen LogP contribution in [0.25, 0.3) is 0 Å². The van der Waals surface area contributed by atoms with Crippen LogP contribution in [-0.2, 0) is 6.54 Å². The van der Waals surface area contributed by atoms with Gasteiger partial charge in [-0.3, -0.25) is 4.98 Å². The number of urea groups is 1. The molecule has 1 aromatic heterocycles. The molecule has 2 N–H and O–H groups in total. The van der Waals surface area contributed by atoms with E-state index in [0.29, 0.717) is 13.1 Å². The molecule has 98 valence electrons. The topological polar surface area (TPSA) is 65.5 Å². The quantitative estimate of drug-likeness (QED) is 0.837. The number of hydrogen-bond acceptors (Lipinski definition) is 3. The van der Waals surface area contributed by atoms with Gasteiger partial charge >= 0.3 is 6.03 Å². The SMILES string of the molecule is Cc1cccnc1CNC(=O)N1CC[C@@H](CO)C1. The van der Waals surface area contributed by atoms with Crippen LogP contribution in [0.15, 0.2) is 18.3 Å². The summed E-state index contributed by atoms with van der Waals surface area (Å²) in [6.07, 6.45) is 2.61. The summed E-state index contributed by atoms with van der Waals surface area (Å²) in [5, 5.41) is 11.9. The third-order valence-electron chi connectivity index (χ3n) is 3.36. The summed E-state index contributed by atoms with van der Waals surface area (Å²) in [5.41, 5.74) is 1.97. The van der Waals surface area contributed by atoms with Crippen molar-refractivity contribution in [3.8, 4) is 0 Å². The first kappa shape index (κ1) is 12.8. The van der Waals surface area contributed by atoms with E-state index in [0.717, 1.165) is 24.2 Å². The molecular formula is C13H19N3O2. The number of rotatable bonds is 3. The summed E-state index contributed by atoms with van der Waals surface area (Å²) >= 11 is 0. The molecular weight excluding hydrogens is 230 g/mol. The summed E-state index contributed by atoms with van der Waals surface area (Å²) in [4.78, 5) is 17.9. The summed E-state index contributed by atoms with van der Waals surface area (Å²) < 4.78 is 0. The van der Waals surface area contributed by atoms with Gasteiger partial charge in [0.1, 0.15) is 0 Å². The molecule has 0 spiro atoms. The zero-order valence-corrected chi connectivity index (χ0v) is 10.6. The number of aromatic nitrogens is 1. The van der Waals surface area contributed by atoms with Gasteiger partial charge in [-0.2, -0.15) is 0 Å². The monoisotopic (exact) mass is 249 g/mol. The fraction of sp³-hybridized carbons (Fsp3) is 0.538. The fourth-order valence-electron chi connectivity index (χ4n) is 2.14. The molecule has 1 saturated heterocycles. The van der Waals surface area contributed by atoms with Crippen molar-refractivity contribution in [1.82, 2.24) is 15.2 Å². The Labute approximate surface area is 107 Å². The standard InChI is InChI=1S/C13H19N3O2/c1-10-3-2-5-14-12(10)7-15-13(18)16-6-4-11(8-16)9-17/h2-3,5,11,17H,4,6-9H2,1H3,(H,15,18)/t11-/m1/s1. The van der Waals surface area contributed by atoms with Gasteiger partial charge in [0.2, 0.25) is 0 Å². The van der Waals surface area contributed by atoms with Crippen molar-refractivity contribution in [3.63, 3.8) is 0 Å². The Morgan fingerprint density at radius 1 is 1.67 bits per heavy atom. The Hall–Kier alpha value is -1.62. The van der Waals surface area contributed by atoms with E-state index < -0.39 is 0 Å². The third kappa shape index (κ3) is 2.98. The number of carbonyl (C=O) groups excluding carboxylic acids is 1. The normalized spacial score (nSPS) is 19.0. The number of aliphatic hydroxyl groups excluding tert-OH is 1. The van der Waals surface area contributed by atoms with Gasteiger partial charge in [-0.1, -0.05) is 6.07 Å². The molecule has 0 bridgehead atoms. The van der Waals surface area contributed by atoms with Crippen LogP contribution in [0, 0.1) is 12.8 Å². The Morgan fingerprint density at radius 2 is 2.50 bits per heavy atom. The molecule has 1 atom stereocenters. The number of nitrogens with zero attached hydrogens (tertiary/aromatic N) is 2. The molecule has 0 radical (unpaired) electrons. The largest absolute Gasteiger partial charge is 0.396 e. The first-order chi connectivity index (χ1) is 8.70. The van der Waals surface area contributed by atoms with E-state index >= 15 is 0 Å². The Kier molecular flexibility index (Phi) is 4.15. The lowest BCUT2D eigenvalue weighted by Crippen LogP contribution is -2.38. The van der Waals surface area contributed by atoms with Crippen molar-refractivity contribution in [2.45, 2.75) is 19.9 Å². The van der Waals surface area contributed by atoms with Crippen molar-refractivity contribution < 1.29 is 9.90 Å². The predicted octanol–water partition coefficient (Wildman–Crippen LogP) is 0.914.